The highest BCUT2D eigenvalue weighted by atomic mass is 79.9. The van der Waals surface area contributed by atoms with Crippen LogP contribution in [0.1, 0.15) is 28.4 Å². The fourth-order valence-corrected chi connectivity index (χ4v) is 1.89. The number of hydrogen-bond acceptors (Lipinski definition) is 3. The molecule has 1 N–H and O–H groups in total. The molecule has 0 aliphatic heterocycles. The van der Waals surface area contributed by atoms with E-state index in [2.05, 4.69) is 15.9 Å². The van der Waals surface area contributed by atoms with Gasteiger partial charge in [-0.1, -0.05) is 28.1 Å². The van der Waals surface area contributed by atoms with E-state index in [0.717, 1.165) is 0 Å². The van der Waals surface area contributed by atoms with Gasteiger partial charge in [-0.2, -0.15) is 5.26 Å². The van der Waals surface area contributed by atoms with Gasteiger partial charge in [0, 0.05) is 0 Å². The summed E-state index contributed by atoms with van der Waals surface area (Å²) in [6.07, 6.45) is 0. The van der Waals surface area contributed by atoms with E-state index in [1.54, 1.807) is 18.2 Å². The van der Waals surface area contributed by atoms with E-state index in [0.29, 0.717) is 16.7 Å². The molecule has 1 unspecified atom stereocenters. The third-order valence-electron chi connectivity index (χ3n) is 2.10. The minimum Gasteiger partial charge on any atom is -0.392 e. The van der Waals surface area contributed by atoms with Crippen molar-refractivity contribution in [2.45, 2.75) is 18.4 Å². The summed E-state index contributed by atoms with van der Waals surface area (Å²) in [7, 11) is 0. The third-order valence-corrected chi connectivity index (χ3v) is 3.20. The van der Waals surface area contributed by atoms with Gasteiger partial charge in [0.15, 0.2) is 0 Å². The molecule has 1 rings (SSSR count). The molecule has 0 radical (unpaired) electrons. The Bertz CT molecular complexity index is 423. The molecule has 0 aliphatic carbocycles. The van der Waals surface area contributed by atoms with Crippen LogP contribution in [0.5, 0.6) is 0 Å². The molecular weight excluding hydrogens is 258 g/mol. The lowest BCUT2D eigenvalue weighted by molar-refractivity contribution is -0.116. The minimum absolute atomic E-state index is 0.0904. The Morgan fingerprint density at radius 3 is 2.80 bits per heavy atom. The van der Waals surface area contributed by atoms with Crippen molar-refractivity contribution >= 4 is 21.7 Å². The molecule has 4 heteroatoms. The highest BCUT2D eigenvalue weighted by molar-refractivity contribution is 9.09. The summed E-state index contributed by atoms with van der Waals surface area (Å²) in [5.74, 6) is -0.0904. The van der Waals surface area contributed by atoms with E-state index in [4.69, 9.17) is 10.4 Å². The lowest BCUT2D eigenvalue weighted by Gasteiger charge is -2.12. The van der Waals surface area contributed by atoms with Crippen LogP contribution in [0, 0.1) is 11.3 Å². The van der Waals surface area contributed by atoms with E-state index in [-0.39, 0.29) is 12.4 Å². The van der Waals surface area contributed by atoms with Crippen LogP contribution in [0.25, 0.3) is 0 Å². The first-order valence-corrected chi connectivity index (χ1v) is 5.30. The second-order valence-electron chi connectivity index (χ2n) is 3.12. The van der Waals surface area contributed by atoms with Crippen LogP contribution in [0.4, 0.5) is 0 Å². The monoisotopic (exact) mass is 267 g/mol. The molecule has 3 nitrogen and oxygen atoms in total. The van der Waals surface area contributed by atoms with Gasteiger partial charge in [0.2, 0.25) is 0 Å². The smallest absolute Gasteiger partial charge is 0.147 e. The topological polar surface area (TPSA) is 61.1 Å². The fraction of sp³-hybridized carbons (Fsp3) is 0.273. The molecule has 0 amide bonds. The molecular formula is C11H10BrNO2. The lowest BCUT2D eigenvalue weighted by Crippen LogP contribution is -2.07. The van der Waals surface area contributed by atoms with E-state index in [1.807, 2.05) is 6.07 Å². The van der Waals surface area contributed by atoms with E-state index in [9.17, 15) is 4.79 Å². The Morgan fingerprint density at radius 2 is 2.33 bits per heavy atom. The molecule has 1 atom stereocenters. The van der Waals surface area contributed by atoms with Crippen LogP contribution in [0.3, 0.4) is 0 Å². The normalized spacial score (nSPS) is 11.9. The number of aliphatic hydroxyl groups excluding tert-OH is 1. The summed E-state index contributed by atoms with van der Waals surface area (Å²) in [5, 5.41) is 18.0. The number of Topliss-reactive ketones (excluding diaryl/α,β-unsaturated/α-hetero) is 1. The number of ketones is 1. The van der Waals surface area contributed by atoms with E-state index in [1.165, 1.54) is 6.92 Å². The van der Waals surface area contributed by atoms with E-state index >= 15 is 0 Å². The van der Waals surface area contributed by atoms with Crippen LogP contribution >= 0.6 is 15.9 Å². The van der Waals surface area contributed by atoms with Crippen LogP contribution < -0.4 is 0 Å². The molecule has 0 aliphatic rings. The zero-order chi connectivity index (χ0) is 11.4. The number of alkyl halides is 1. The predicted molar refractivity (Wildman–Crippen MR) is 59.4 cm³/mol. The van der Waals surface area contributed by atoms with Gasteiger partial charge < -0.3 is 5.11 Å². The zero-order valence-electron chi connectivity index (χ0n) is 8.20. The number of aliphatic hydroxyl groups is 1. The SMILES string of the molecule is CC(=O)C(Br)c1c(C#N)cccc1CO. The number of halogens is 1. The highest BCUT2D eigenvalue weighted by Gasteiger charge is 2.19. The number of hydrogen-bond donors (Lipinski definition) is 1. The van der Waals surface area contributed by atoms with Crippen molar-refractivity contribution in [1.29, 1.82) is 5.26 Å². The first-order chi connectivity index (χ1) is 7.11. The number of rotatable bonds is 3. The van der Waals surface area contributed by atoms with Gasteiger partial charge in [-0.3, -0.25) is 4.79 Å². The highest BCUT2D eigenvalue weighted by Crippen LogP contribution is 2.29. The van der Waals surface area contributed by atoms with Crippen molar-refractivity contribution in [2.75, 3.05) is 0 Å². The summed E-state index contributed by atoms with van der Waals surface area (Å²) in [6, 6.07) is 7.03. The zero-order valence-corrected chi connectivity index (χ0v) is 9.78. The van der Waals surface area contributed by atoms with Gasteiger partial charge in [-0.05, 0) is 24.1 Å². The Balaban J connectivity index is 3.35. The van der Waals surface area contributed by atoms with Crippen LogP contribution in [0.15, 0.2) is 18.2 Å². The van der Waals surface area contributed by atoms with E-state index < -0.39 is 4.83 Å². The summed E-state index contributed by atoms with van der Waals surface area (Å²) in [6.45, 7) is 1.26. The molecule has 1 aromatic rings. The summed E-state index contributed by atoms with van der Waals surface area (Å²) < 4.78 is 0. The van der Waals surface area contributed by atoms with Crippen molar-refractivity contribution in [3.8, 4) is 6.07 Å². The van der Waals surface area contributed by atoms with Gasteiger partial charge in [-0.25, -0.2) is 0 Å². The van der Waals surface area contributed by atoms with Crippen molar-refractivity contribution in [3.63, 3.8) is 0 Å². The Morgan fingerprint density at radius 1 is 1.67 bits per heavy atom. The quantitative estimate of drug-likeness (QED) is 0.853. The molecule has 0 spiro atoms. The van der Waals surface area contributed by atoms with Gasteiger partial charge in [0.1, 0.15) is 5.78 Å². The molecule has 0 saturated heterocycles. The number of carbonyl (C=O) groups is 1. The fourth-order valence-electron chi connectivity index (χ4n) is 1.35. The Hall–Kier alpha value is -1.18. The van der Waals surface area contributed by atoms with Crippen molar-refractivity contribution in [1.82, 2.24) is 0 Å². The Kier molecular flexibility index (Phi) is 4.01. The number of nitrogens with zero attached hydrogens (tertiary/aromatic N) is 1. The van der Waals surface area contributed by atoms with Gasteiger partial charge in [0.05, 0.1) is 23.1 Å². The molecule has 0 fully saturated rings. The van der Waals surface area contributed by atoms with Crippen molar-refractivity contribution < 1.29 is 9.90 Å². The predicted octanol–water partition coefficient (Wildman–Crippen LogP) is 2.08. The van der Waals surface area contributed by atoms with Gasteiger partial charge in [-0.15, -0.1) is 0 Å². The third kappa shape index (κ3) is 2.44. The first-order valence-electron chi connectivity index (χ1n) is 4.39. The van der Waals surface area contributed by atoms with Crippen LogP contribution in [-0.2, 0) is 11.4 Å². The largest absolute Gasteiger partial charge is 0.392 e. The number of carbonyl (C=O) groups excluding carboxylic acids is 1. The molecule has 0 saturated carbocycles. The standard InChI is InChI=1S/C11H10BrNO2/c1-7(15)11(12)10-8(5-13)3-2-4-9(10)6-14/h2-4,11,14H,6H2,1H3. The molecule has 0 heterocycles. The second-order valence-corrected chi connectivity index (χ2v) is 4.04. The summed E-state index contributed by atoms with van der Waals surface area (Å²) >= 11 is 3.22. The number of benzene rings is 1. The first kappa shape index (κ1) is 11.9. The van der Waals surface area contributed by atoms with Crippen LogP contribution in [0.2, 0.25) is 0 Å². The second kappa shape index (κ2) is 5.06. The molecule has 1 aromatic carbocycles. The summed E-state index contributed by atoms with van der Waals surface area (Å²) in [5.41, 5.74) is 1.58. The van der Waals surface area contributed by atoms with Gasteiger partial charge >= 0.3 is 0 Å². The van der Waals surface area contributed by atoms with Crippen molar-refractivity contribution in [2.24, 2.45) is 0 Å². The maximum absolute atomic E-state index is 11.2. The number of nitriles is 1. The van der Waals surface area contributed by atoms with Crippen molar-refractivity contribution in [3.05, 3.63) is 34.9 Å². The maximum Gasteiger partial charge on any atom is 0.147 e. The van der Waals surface area contributed by atoms with Gasteiger partial charge in [0.25, 0.3) is 0 Å². The molecule has 15 heavy (non-hydrogen) atoms. The average molecular weight is 268 g/mol. The average Bonchev–Trinajstić information content (AvgIpc) is 2.26. The minimum atomic E-state index is -0.532. The molecule has 0 bridgehead atoms. The molecule has 78 valence electrons. The molecule has 0 aromatic heterocycles. The van der Waals surface area contributed by atoms with Crippen LogP contribution in [-0.4, -0.2) is 10.9 Å². The maximum atomic E-state index is 11.2. The Labute approximate surface area is 96.5 Å². The summed E-state index contributed by atoms with van der Waals surface area (Å²) in [4.78, 5) is 10.7. The lowest BCUT2D eigenvalue weighted by atomic mass is 9.97.